The first-order valence-electron chi connectivity index (χ1n) is 12.0. The molecule has 0 aliphatic heterocycles. The Morgan fingerprint density at radius 1 is 1.26 bits per heavy atom. The monoisotopic (exact) mass is 502 g/mol. The number of carbonyl (C=O) groups is 3. The standard InChI is InChI=1S/C24H34N6O4S/c1-4-10-30(13-17-7-8-17)23-26-20(15-35-23)22(32)29-28-21(31)19(11-16(2)3)27-24(33)34-14-18-6-5-9-25-12-18/h5-6,9,12,15-17,19H,4,7-8,10-11,13-14H2,1-3H3,(H,27,33)(H,28,31)(H,29,32)/t19-/m0/s1. The van der Waals surface area contributed by atoms with Crippen molar-refractivity contribution in [1.82, 2.24) is 26.1 Å². The third kappa shape index (κ3) is 8.82. The summed E-state index contributed by atoms with van der Waals surface area (Å²) in [4.78, 5) is 48.2. The molecule has 1 saturated carbocycles. The Morgan fingerprint density at radius 3 is 2.71 bits per heavy atom. The van der Waals surface area contributed by atoms with Crippen LogP contribution in [0.1, 0.15) is 62.5 Å². The summed E-state index contributed by atoms with van der Waals surface area (Å²) < 4.78 is 5.19. The number of amides is 3. The minimum absolute atomic E-state index is 0.0361. The average molecular weight is 503 g/mol. The lowest BCUT2D eigenvalue weighted by molar-refractivity contribution is -0.124. The predicted octanol–water partition coefficient (Wildman–Crippen LogP) is 3.27. The van der Waals surface area contributed by atoms with Crippen LogP contribution < -0.4 is 21.1 Å². The van der Waals surface area contributed by atoms with Gasteiger partial charge in [-0.15, -0.1) is 11.3 Å². The van der Waals surface area contributed by atoms with Gasteiger partial charge in [0.2, 0.25) is 0 Å². The molecule has 11 heteroatoms. The summed E-state index contributed by atoms with van der Waals surface area (Å²) in [6.45, 7) is 7.87. The molecule has 3 amide bonds. The minimum atomic E-state index is -0.874. The quantitative estimate of drug-likeness (QED) is 0.380. The van der Waals surface area contributed by atoms with E-state index in [0.29, 0.717) is 12.3 Å². The molecule has 0 bridgehead atoms. The molecule has 3 N–H and O–H groups in total. The van der Waals surface area contributed by atoms with Gasteiger partial charge in [0.05, 0.1) is 0 Å². The molecule has 1 atom stereocenters. The van der Waals surface area contributed by atoms with Gasteiger partial charge in [-0.3, -0.25) is 25.4 Å². The first kappa shape index (κ1) is 26.4. The van der Waals surface area contributed by atoms with Gasteiger partial charge in [0, 0.05) is 36.4 Å². The summed E-state index contributed by atoms with van der Waals surface area (Å²) in [7, 11) is 0. The van der Waals surface area contributed by atoms with Crippen molar-refractivity contribution in [1.29, 1.82) is 0 Å². The molecular formula is C24H34N6O4S. The van der Waals surface area contributed by atoms with Gasteiger partial charge in [-0.1, -0.05) is 26.8 Å². The highest BCUT2D eigenvalue weighted by atomic mass is 32.1. The van der Waals surface area contributed by atoms with Crippen molar-refractivity contribution in [3.63, 3.8) is 0 Å². The van der Waals surface area contributed by atoms with Gasteiger partial charge in [0.15, 0.2) is 5.13 Å². The zero-order chi connectivity index (χ0) is 25.2. The SMILES string of the molecule is CCCN(CC1CC1)c1nc(C(=O)NNC(=O)[C@H](CC(C)C)NC(=O)OCc2cccnc2)cs1. The second-order valence-corrected chi connectivity index (χ2v) is 9.95. The number of pyridine rings is 1. The van der Waals surface area contributed by atoms with Crippen LogP contribution >= 0.6 is 11.3 Å². The Hall–Kier alpha value is -3.21. The number of hydrogen-bond donors (Lipinski definition) is 3. The number of nitrogens with zero attached hydrogens (tertiary/aromatic N) is 3. The number of thiazole rings is 1. The van der Waals surface area contributed by atoms with E-state index in [1.165, 1.54) is 24.2 Å². The van der Waals surface area contributed by atoms with Gasteiger partial charge in [-0.2, -0.15) is 0 Å². The fourth-order valence-electron chi connectivity index (χ4n) is 3.45. The predicted molar refractivity (Wildman–Crippen MR) is 134 cm³/mol. The summed E-state index contributed by atoms with van der Waals surface area (Å²) in [5.41, 5.74) is 5.79. The number of carbonyl (C=O) groups excluding carboxylic acids is 3. The molecule has 2 aromatic rings. The molecule has 3 rings (SSSR count). The first-order valence-corrected chi connectivity index (χ1v) is 12.9. The Balaban J connectivity index is 1.51. The van der Waals surface area contributed by atoms with Crippen LogP contribution in [0, 0.1) is 11.8 Å². The number of anilines is 1. The normalized spacial score (nSPS) is 13.7. The number of hydrazine groups is 1. The van der Waals surface area contributed by atoms with E-state index >= 15 is 0 Å². The molecule has 0 saturated heterocycles. The third-order valence-corrected chi connectivity index (χ3v) is 6.27. The zero-order valence-corrected chi connectivity index (χ0v) is 21.3. The minimum Gasteiger partial charge on any atom is -0.445 e. The third-order valence-electron chi connectivity index (χ3n) is 5.37. The maximum Gasteiger partial charge on any atom is 0.408 e. The Kier molecular flexibility index (Phi) is 9.83. The molecule has 2 heterocycles. The van der Waals surface area contributed by atoms with Crippen LogP contribution in [0.5, 0.6) is 0 Å². The fraction of sp³-hybridized carbons (Fsp3) is 0.542. The van der Waals surface area contributed by atoms with Crippen molar-refractivity contribution in [2.24, 2.45) is 11.8 Å². The lowest BCUT2D eigenvalue weighted by Gasteiger charge is -2.21. The molecule has 0 unspecified atom stereocenters. The highest BCUT2D eigenvalue weighted by molar-refractivity contribution is 7.13. The van der Waals surface area contributed by atoms with Crippen LogP contribution in [0.4, 0.5) is 9.93 Å². The van der Waals surface area contributed by atoms with E-state index in [1.54, 1.807) is 29.9 Å². The van der Waals surface area contributed by atoms with Gasteiger partial charge in [0.1, 0.15) is 18.3 Å². The van der Waals surface area contributed by atoms with Crippen LogP contribution in [0.2, 0.25) is 0 Å². The first-order chi connectivity index (χ1) is 16.9. The van der Waals surface area contributed by atoms with Crippen molar-refractivity contribution in [3.05, 3.63) is 41.2 Å². The molecule has 1 aliphatic carbocycles. The molecule has 0 spiro atoms. The molecular weight excluding hydrogens is 468 g/mol. The zero-order valence-electron chi connectivity index (χ0n) is 20.5. The van der Waals surface area contributed by atoms with Crippen molar-refractivity contribution >= 4 is 34.4 Å². The number of rotatable bonds is 12. The van der Waals surface area contributed by atoms with E-state index in [0.717, 1.165) is 30.2 Å². The Morgan fingerprint density at radius 2 is 2.06 bits per heavy atom. The second-order valence-electron chi connectivity index (χ2n) is 9.11. The summed E-state index contributed by atoms with van der Waals surface area (Å²) in [5, 5.41) is 5.07. The van der Waals surface area contributed by atoms with Crippen molar-refractivity contribution in [2.45, 2.75) is 59.1 Å². The Bertz CT molecular complexity index is 979. The van der Waals surface area contributed by atoms with Crippen LogP contribution in [-0.4, -0.2) is 47.0 Å². The molecule has 1 aliphatic rings. The fourth-order valence-corrected chi connectivity index (χ4v) is 4.29. The second kappa shape index (κ2) is 13.0. The van der Waals surface area contributed by atoms with Gasteiger partial charge >= 0.3 is 6.09 Å². The molecule has 10 nitrogen and oxygen atoms in total. The van der Waals surface area contributed by atoms with E-state index < -0.39 is 23.9 Å². The van der Waals surface area contributed by atoms with E-state index in [1.807, 2.05) is 13.8 Å². The smallest absolute Gasteiger partial charge is 0.408 e. The maximum atomic E-state index is 12.7. The topological polar surface area (TPSA) is 126 Å². The number of hydrogen-bond acceptors (Lipinski definition) is 8. The highest BCUT2D eigenvalue weighted by Crippen LogP contribution is 2.32. The van der Waals surface area contributed by atoms with Crippen LogP contribution in [-0.2, 0) is 16.1 Å². The number of aromatic nitrogens is 2. The van der Waals surface area contributed by atoms with Gasteiger partial charge in [-0.05, 0) is 43.6 Å². The van der Waals surface area contributed by atoms with Gasteiger partial charge in [-0.25, -0.2) is 9.78 Å². The van der Waals surface area contributed by atoms with Crippen LogP contribution in [0.15, 0.2) is 29.9 Å². The lowest BCUT2D eigenvalue weighted by Crippen LogP contribution is -2.52. The van der Waals surface area contributed by atoms with Crippen molar-refractivity contribution in [3.8, 4) is 0 Å². The molecule has 2 aromatic heterocycles. The molecule has 35 heavy (non-hydrogen) atoms. The summed E-state index contributed by atoms with van der Waals surface area (Å²) in [6, 6.07) is 2.65. The van der Waals surface area contributed by atoms with E-state index in [9.17, 15) is 14.4 Å². The highest BCUT2D eigenvalue weighted by Gasteiger charge is 2.26. The van der Waals surface area contributed by atoms with Crippen LogP contribution in [0.3, 0.4) is 0 Å². The van der Waals surface area contributed by atoms with Crippen molar-refractivity contribution < 1.29 is 19.1 Å². The largest absolute Gasteiger partial charge is 0.445 e. The molecule has 190 valence electrons. The molecule has 0 aromatic carbocycles. The number of alkyl carbamates (subject to hydrolysis) is 1. The summed E-state index contributed by atoms with van der Waals surface area (Å²) in [5.74, 6) is -0.214. The number of nitrogens with one attached hydrogen (secondary N) is 3. The van der Waals surface area contributed by atoms with Gasteiger partial charge in [0.25, 0.3) is 11.8 Å². The maximum absolute atomic E-state index is 12.7. The lowest BCUT2D eigenvalue weighted by atomic mass is 10.0. The van der Waals surface area contributed by atoms with Gasteiger partial charge < -0.3 is 15.0 Å². The molecule has 1 fully saturated rings. The average Bonchev–Trinajstić information content (AvgIpc) is 3.52. The van der Waals surface area contributed by atoms with E-state index in [2.05, 4.69) is 38.0 Å². The van der Waals surface area contributed by atoms with E-state index in [4.69, 9.17) is 4.74 Å². The van der Waals surface area contributed by atoms with Crippen LogP contribution in [0.25, 0.3) is 0 Å². The number of ether oxygens (including phenoxy) is 1. The summed E-state index contributed by atoms with van der Waals surface area (Å²) in [6.07, 6.45) is 6.36. The van der Waals surface area contributed by atoms with E-state index in [-0.39, 0.29) is 18.2 Å². The molecule has 0 radical (unpaired) electrons. The van der Waals surface area contributed by atoms with Crippen molar-refractivity contribution in [2.75, 3.05) is 18.0 Å². The summed E-state index contributed by atoms with van der Waals surface area (Å²) >= 11 is 1.42. The Labute approximate surface area is 209 Å².